The van der Waals surface area contributed by atoms with Gasteiger partial charge in [-0.2, -0.15) is 0 Å². The molecule has 0 N–H and O–H groups in total. The lowest BCUT2D eigenvalue weighted by molar-refractivity contribution is 0.668. The van der Waals surface area contributed by atoms with Gasteiger partial charge >= 0.3 is 0 Å². The van der Waals surface area contributed by atoms with Gasteiger partial charge in [-0.15, -0.1) is 0 Å². The van der Waals surface area contributed by atoms with E-state index >= 15 is 0 Å². The van der Waals surface area contributed by atoms with Gasteiger partial charge in [-0.3, -0.25) is 0 Å². The van der Waals surface area contributed by atoms with E-state index in [1.807, 2.05) is 36.4 Å². The van der Waals surface area contributed by atoms with Gasteiger partial charge in [-0.25, -0.2) is 0 Å². The Balaban J connectivity index is 1.11. The minimum Gasteiger partial charge on any atom is -0.456 e. The minimum atomic E-state index is 0.865. The van der Waals surface area contributed by atoms with E-state index in [0.717, 1.165) is 149 Å². The topological polar surface area (TPSA) is 54.2 Å². The Hall–Kier alpha value is -9.78. The summed E-state index contributed by atoms with van der Waals surface area (Å²) in [6, 6.07) is 84.6. The summed E-state index contributed by atoms with van der Waals surface area (Å²) in [4.78, 5) is 0. The van der Waals surface area contributed by atoms with E-state index in [9.17, 15) is 0 Å². The molecule has 6 nitrogen and oxygen atoms in total. The maximum atomic E-state index is 6.41. The summed E-state index contributed by atoms with van der Waals surface area (Å²) in [6.45, 7) is 0. The predicted octanol–water partition coefficient (Wildman–Crippen LogP) is 18.2. The summed E-state index contributed by atoms with van der Waals surface area (Å²) >= 11 is 0. The molecular formula is C66H39N3O3. The fourth-order valence-electron chi connectivity index (χ4n) is 11.7. The molecule has 6 heterocycles. The second-order valence-corrected chi connectivity index (χ2v) is 18.8. The second-order valence-electron chi connectivity index (χ2n) is 18.8. The maximum absolute atomic E-state index is 6.41. The van der Waals surface area contributed by atoms with Crippen molar-refractivity contribution in [3.63, 3.8) is 0 Å². The molecule has 0 atom stereocenters. The first kappa shape index (κ1) is 39.1. The zero-order valence-corrected chi connectivity index (χ0v) is 38.6. The number of furan rings is 3. The van der Waals surface area contributed by atoms with Crippen LogP contribution in [0.2, 0.25) is 0 Å². The van der Waals surface area contributed by atoms with E-state index in [1.54, 1.807) is 0 Å². The van der Waals surface area contributed by atoms with E-state index in [2.05, 4.69) is 214 Å². The molecule has 0 amide bonds. The summed E-state index contributed by atoms with van der Waals surface area (Å²) in [5.41, 5.74) is 18.2. The molecule has 0 fully saturated rings. The summed E-state index contributed by atoms with van der Waals surface area (Å²) in [5.74, 6) is 0. The number of benzene rings is 10. The Labute approximate surface area is 411 Å². The molecule has 6 aromatic heterocycles. The smallest absolute Gasteiger partial charge is 0.135 e. The molecule has 0 bridgehead atoms. The van der Waals surface area contributed by atoms with Crippen LogP contribution in [-0.4, -0.2) is 13.7 Å². The first-order valence-corrected chi connectivity index (χ1v) is 24.4. The summed E-state index contributed by atoms with van der Waals surface area (Å²) in [6.07, 6.45) is 0. The molecule has 16 rings (SSSR count). The summed E-state index contributed by atoms with van der Waals surface area (Å²) < 4.78 is 26.7. The lowest BCUT2D eigenvalue weighted by atomic mass is 10.1. The molecule has 16 aromatic rings. The molecular weight excluding hydrogens is 883 g/mol. The highest BCUT2D eigenvalue weighted by Crippen LogP contribution is 2.49. The number of fused-ring (bicyclic) bond motifs is 15. The fraction of sp³-hybridized carbons (Fsp3) is 0. The quantitative estimate of drug-likeness (QED) is 0.167. The van der Waals surface area contributed by atoms with E-state index in [4.69, 9.17) is 13.3 Å². The molecule has 0 radical (unpaired) electrons. The van der Waals surface area contributed by atoms with Crippen molar-refractivity contribution in [1.29, 1.82) is 0 Å². The lowest BCUT2D eigenvalue weighted by Crippen LogP contribution is -2.00. The second kappa shape index (κ2) is 14.9. The molecule has 6 heteroatoms. The van der Waals surface area contributed by atoms with Crippen molar-refractivity contribution < 1.29 is 13.3 Å². The van der Waals surface area contributed by atoms with Gasteiger partial charge in [0.1, 0.15) is 33.5 Å². The van der Waals surface area contributed by atoms with Crippen LogP contribution < -0.4 is 0 Å². The van der Waals surface area contributed by atoms with Gasteiger partial charge in [0.15, 0.2) is 0 Å². The van der Waals surface area contributed by atoms with Gasteiger partial charge in [0.2, 0.25) is 0 Å². The van der Waals surface area contributed by atoms with E-state index in [0.29, 0.717) is 0 Å². The SMILES string of the molecule is c1ccc(-n2c(-c3ccc4oc5ccccc5c4c3)cc3c2c2cc(-c4ccc5oc6ccccc6c5c4)n(-c4ccccc4)c2c2cc(-c4ccc5oc6ccccc6c5c4)n(-c4ccccc4)c32)cc1. The summed E-state index contributed by atoms with van der Waals surface area (Å²) in [7, 11) is 0. The van der Waals surface area contributed by atoms with Crippen LogP contribution >= 0.6 is 0 Å². The van der Waals surface area contributed by atoms with Crippen LogP contribution in [0.5, 0.6) is 0 Å². The Kier molecular flexibility index (Phi) is 8.07. The van der Waals surface area contributed by atoms with Crippen LogP contribution in [0.15, 0.2) is 250 Å². The summed E-state index contributed by atoms with van der Waals surface area (Å²) in [5, 5.41) is 9.93. The molecule has 0 aliphatic heterocycles. The van der Waals surface area contributed by atoms with Gasteiger partial charge < -0.3 is 27.0 Å². The van der Waals surface area contributed by atoms with Gasteiger partial charge in [0.25, 0.3) is 0 Å². The van der Waals surface area contributed by atoms with Crippen molar-refractivity contribution in [3.8, 4) is 50.8 Å². The number of hydrogen-bond acceptors (Lipinski definition) is 3. The van der Waals surface area contributed by atoms with Crippen LogP contribution in [0.3, 0.4) is 0 Å². The normalized spacial score (nSPS) is 12.2. The number of nitrogens with zero attached hydrogens (tertiary/aromatic N) is 3. The highest BCUT2D eigenvalue weighted by molar-refractivity contribution is 6.27. The monoisotopic (exact) mass is 921 g/mol. The Morgan fingerprint density at radius 3 is 0.778 bits per heavy atom. The first-order chi connectivity index (χ1) is 35.7. The van der Waals surface area contributed by atoms with Crippen LogP contribution in [0.1, 0.15) is 0 Å². The third-order valence-corrected chi connectivity index (χ3v) is 14.8. The van der Waals surface area contributed by atoms with Gasteiger partial charge in [-0.05, 0) is 144 Å². The number of para-hydroxylation sites is 6. The Bertz CT molecular complexity index is 4330. The maximum Gasteiger partial charge on any atom is 0.135 e. The highest BCUT2D eigenvalue weighted by atomic mass is 16.3. The number of hydrogen-bond donors (Lipinski definition) is 0. The first-order valence-electron chi connectivity index (χ1n) is 24.4. The lowest BCUT2D eigenvalue weighted by Gasteiger charge is -2.15. The molecule has 336 valence electrons. The molecule has 72 heavy (non-hydrogen) atoms. The molecule has 0 saturated heterocycles. The van der Waals surface area contributed by atoms with Crippen molar-refractivity contribution in [2.45, 2.75) is 0 Å². The Morgan fingerprint density at radius 1 is 0.208 bits per heavy atom. The molecule has 0 aliphatic carbocycles. The van der Waals surface area contributed by atoms with Crippen molar-refractivity contribution in [2.24, 2.45) is 0 Å². The van der Waals surface area contributed by atoms with Crippen LogP contribution in [0, 0.1) is 0 Å². The van der Waals surface area contributed by atoms with E-state index in [1.165, 1.54) is 0 Å². The highest BCUT2D eigenvalue weighted by Gasteiger charge is 2.28. The minimum absolute atomic E-state index is 0.865. The van der Waals surface area contributed by atoms with Crippen molar-refractivity contribution in [2.75, 3.05) is 0 Å². The molecule has 0 unspecified atom stereocenters. The number of aromatic nitrogens is 3. The van der Waals surface area contributed by atoms with Gasteiger partial charge in [0.05, 0.1) is 33.6 Å². The van der Waals surface area contributed by atoms with Crippen molar-refractivity contribution in [1.82, 2.24) is 13.7 Å². The van der Waals surface area contributed by atoms with Crippen LogP contribution in [-0.2, 0) is 0 Å². The van der Waals surface area contributed by atoms with Gasteiger partial charge in [0, 0.05) is 65.5 Å². The third kappa shape index (κ3) is 5.60. The van der Waals surface area contributed by atoms with Crippen LogP contribution in [0.25, 0.3) is 149 Å². The van der Waals surface area contributed by atoms with E-state index in [-0.39, 0.29) is 0 Å². The largest absolute Gasteiger partial charge is 0.456 e. The number of rotatable bonds is 6. The third-order valence-electron chi connectivity index (χ3n) is 14.8. The van der Waals surface area contributed by atoms with Gasteiger partial charge in [-0.1, -0.05) is 109 Å². The average molecular weight is 922 g/mol. The molecule has 0 saturated carbocycles. The van der Waals surface area contributed by atoms with Crippen LogP contribution in [0.4, 0.5) is 0 Å². The van der Waals surface area contributed by atoms with Crippen molar-refractivity contribution in [3.05, 3.63) is 237 Å². The Morgan fingerprint density at radius 2 is 0.472 bits per heavy atom. The van der Waals surface area contributed by atoms with E-state index < -0.39 is 0 Å². The zero-order valence-electron chi connectivity index (χ0n) is 38.6. The van der Waals surface area contributed by atoms with Crippen molar-refractivity contribution >= 4 is 98.5 Å². The predicted molar refractivity (Wildman–Crippen MR) is 295 cm³/mol. The fourth-order valence-corrected chi connectivity index (χ4v) is 11.7. The molecule has 0 aliphatic rings. The standard InChI is InChI=1S/C66H39N3O3/c1-4-16-43(17-5-1)67-55(40-28-31-61-49(34-40)46-22-10-13-25-58(46)70-61)37-52-64(67)53-38-56(41-29-32-62-50(35-41)47-23-11-14-26-59(47)71-62)68(44-18-6-2-7-19-44)66(53)54-39-57(69(65(52)54)45-20-8-3-9-21-45)42-30-33-63-51(36-42)48-24-12-15-27-60(48)72-63/h1-39H. The molecule has 10 aromatic carbocycles. The zero-order chi connectivity index (χ0) is 47.0. The molecule has 0 spiro atoms. The average Bonchev–Trinajstić information content (AvgIpc) is 4.31.